The van der Waals surface area contributed by atoms with E-state index in [0.29, 0.717) is 17.0 Å². The first-order valence-corrected chi connectivity index (χ1v) is 9.36. The number of hydrogen-bond donors (Lipinski definition) is 2. The summed E-state index contributed by atoms with van der Waals surface area (Å²) in [6.45, 7) is 2.13. The van der Waals surface area contributed by atoms with Crippen LogP contribution in [0.1, 0.15) is 45.1 Å². The average molecular weight is 372 g/mol. The van der Waals surface area contributed by atoms with E-state index in [2.05, 4.69) is 10.6 Å². The maximum Gasteiger partial charge on any atom is 0.349 e. The number of esters is 1. The Hall–Kier alpha value is -2.67. The van der Waals surface area contributed by atoms with E-state index < -0.39 is 24.0 Å². The Morgan fingerprint density at radius 3 is 2.65 bits per heavy atom. The molecule has 0 bridgehead atoms. The van der Waals surface area contributed by atoms with E-state index in [0.717, 1.165) is 19.3 Å². The van der Waals surface area contributed by atoms with Gasteiger partial charge in [0.1, 0.15) is 4.88 Å². The number of thiophene rings is 1. The second-order valence-corrected chi connectivity index (χ2v) is 7.09. The Morgan fingerprint density at radius 1 is 1.19 bits per heavy atom. The zero-order valence-electron chi connectivity index (χ0n) is 14.4. The summed E-state index contributed by atoms with van der Waals surface area (Å²) in [7, 11) is 0. The molecule has 6 nitrogen and oxygen atoms in total. The van der Waals surface area contributed by atoms with Gasteiger partial charge in [0.25, 0.3) is 5.91 Å². The lowest BCUT2D eigenvalue weighted by Crippen LogP contribution is -2.42. The topological polar surface area (TPSA) is 84.5 Å². The summed E-state index contributed by atoms with van der Waals surface area (Å²) in [6, 6.07) is 9.88. The number of aryl methyl sites for hydroxylation is 2. The normalized spacial score (nSPS) is 13.6. The van der Waals surface area contributed by atoms with Crippen LogP contribution in [-0.2, 0) is 22.4 Å². The zero-order valence-corrected chi connectivity index (χ0v) is 15.2. The smallest absolute Gasteiger partial charge is 0.349 e. The number of amides is 3. The van der Waals surface area contributed by atoms with E-state index in [4.69, 9.17) is 4.74 Å². The lowest BCUT2D eigenvalue weighted by Gasteiger charge is -2.17. The summed E-state index contributed by atoms with van der Waals surface area (Å²) < 4.78 is 5.48. The Kier molecular flexibility index (Phi) is 5.68. The minimum atomic E-state index is -1.19. The van der Waals surface area contributed by atoms with Gasteiger partial charge < -0.3 is 10.1 Å². The molecule has 3 amide bonds. The number of urea groups is 1. The molecule has 26 heavy (non-hydrogen) atoms. The van der Waals surface area contributed by atoms with Gasteiger partial charge in [-0.15, -0.1) is 11.3 Å². The number of carbonyl (C=O) groups is 3. The zero-order chi connectivity index (χ0) is 18.5. The number of carbonyl (C=O) groups excluding carboxylic acids is 3. The third kappa shape index (κ3) is 4.11. The molecule has 0 fully saturated rings. The molecular weight excluding hydrogens is 352 g/mol. The minimum absolute atomic E-state index is 0.385. The molecule has 0 saturated carbocycles. The fourth-order valence-corrected chi connectivity index (χ4v) is 4.01. The molecule has 0 radical (unpaired) electrons. The van der Waals surface area contributed by atoms with Crippen LogP contribution in [0.3, 0.4) is 0 Å². The number of rotatable bonds is 5. The van der Waals surface area contributed by atoms with Crippen molar-refractivity contribution >= 4 is 29.2 Å². The van der Waals surface area contributed by atoms with Crippen LogP contribution in [0.25, 0.3) is 0 Å². The first-order chi connectivity index (χ1) is 12.6. The van der Waals surface area contributed by atoms with Crippen molar-refractivity contribution in [3.05, 3.63) is 57.3 Å². The first-order valence-electron chi connectivity index (χ1n) is 8.54. The quantitative estimate of drug-likeness (QED) is 0.790. The van der Waals surface area contributed by atoms with Crippen molar-refractivity contribution in [2.75, 3.05) is 6.54 Å². The van der Waals surface area contributed by atoms with Crippen molar-refractivity contribution in [1.82, 2.24) is 10.6 Å². The fourth-order valence-electron chi connectivity index (χ4n) is 2.88. The third-order valence-corrected chi connectivity index (χ3v) is 5.30. The molecule has 1 aliphatic rings. The molecule has 3 rings (SSSR count). The van der Waals surface area contributed by atoms with E-state index in [1.807, 2.05) is 6.07 Å². The molecule has 2 aromatic rings. The summed E-state index contributed by atoms with van der Waals surface area (Å²) in [5, 5.41) is 4.70. The van der Waals surface area contributed by atoms with Gasteiger partial charge >= 0.3 is 12.0 Å². The highest BCUT2D eigenvalue weighted by molar-refractivity contribution is 7.14. The van der Waals surface area contributed by atoms with Crippen LogP contribution in [0.15, 0.2) is 36.4 Å². The van der Waals surface area contributed by atoms with E-state index in [1.165, 1.54) is 21.8 Å². The monoisotopic (exact) mass is 372 g/mol. The Bertz CT molecular complexity index is 795. The van der Waals surface area contributed by atoms with Gasteiger partial charge in [-0.3, -0.25) is 10.1 Å². The molecule has 2 N–H and O–H groups in total. The maximum atomic E-state index is 12.6. The molecule has 136 valence electrons. The van der Waals surface area contributed by atoms with Crippen LogP contribution < -0.4 is 10.6 Å². The van der Waals surface area contributed by atoms with Crippen molar-refractivity contribution in [2.24, 2.45) is 0 Å². The average Bonchev–Trinajstić information content (AvgIpc) is 3.22. The van der Waals surface area contributed by atoms with E-state index in [9.17, 15) is 14.4 Å². The van der Waals surface area contributed by atoms with Gasteiger partial charge in [-0.25, -0.2) is 9.59 Å². The summed E-state index contributed by atoms with van der Waals surface area (Å²) >= 11 is 1.42. The largest absolute Gasteiger partial charge is 0.443 e. The second-order valence-electron chi connectivity index (χ2n) is 5.96. The molecule has 7 heteroatoms. The highest BCUT2D eigenvalue weighted by Crippen LogP contribution is 2.32. The van der Waals surface area contributed by atoms with Crippen LogP contribution in [0.2, 0.25) is 0 Å². The SMILES string of the molecule is CCNC(=O)NC(=O)[C@@H](OC(=O)c1cc2c(s1)CCC2)c1ccccc1. The maximum absolute atomic E-state index is 12.6. The Morgan fingerprint density at radius 2 is 1.96 bits per heavy atom. The molecule has 0 saturated heterocycles. The van der Waals surface area contributed by atoms with Crippen LogP contribution in [0.4, 0.5) is 4.79 Å². The van der Waals surface area contributed by atoms with Crippen LogP contribution in [0.5, 0.6) is 0 Å². The predicted molar refractivity (Wildman–Crippen MR) is 98.2 cm³/mol. The summed E-state index contributed by atoms with van der Waals surface area (Å²) in [4.78, 5) is 38.4. The van der Waals surface area contributed by atoms with Crippen LogP contribution in [0, 0.1) is 0 Å². The van der Waals surface area contributed by atoms with Gasteiger partial charge in [-0.05, 0) is 37.8 Å². The van der Waals surface area contributed by atoms with Gasteiger partial charge in [-0.1, -0.05) is 30.3 Å². The first kappa shape index (κ1) is 18.1. The number of nitrogens with one attached hydrogen (secondary N) is 2. The Labute approximate surface area is 155 Å². The standard InChI is InChI=1S/C19H20N2O4S/c1-2-20-19(24)21-17(22)16(12-7-4-3-5-8-12)25-18(23)15-11-13-9-6-10-14(13)26-15/h3-5,7-8,11,16H,2,6,9-10H2,1H3,(H2,20,21,22,24)/t16-/m0/s1. The van der Waals surface area contributed by atoms with Gasteiger partial charge in [0.15, 0.2) is 0 Å². The molecule has 1 aromatic carbocycles. The lowest BCUT2D eigenvalue weighted by atomic mass is 10.1. The Balaban J connectivity index is 1.77. The lowest BCUT2D eigenvalue weighted by molar-refractivity contribution is -0.129. The highest BCUT2D eigenvalue weighted by atomic mass is 32.1. The number of fused-ring (bicyclic) bond motifs is 1. The van der Waals surface area contributed by atoms with Crippen molar-refractivity contribution in [2.45, 2.75) is 32.3 Å². The summed E-state index contributed by atoms with van der Waals surface area (Å²) in [5.41, 5.74) is 1.69. The van der Waals surface area contributed by atoms with Crippen molar-refractivity contribution < 1.29 is 19.1 Å². The molecule has 0 spiro atoms. The molecule has 1 atom stereocenters. The van der Waals surface area contributed by atoms with E-state index in [-0.39, 0.29) is 0 Å². The van der Waals surface area contributed by atoms with Crippen LogP contribution in [-0.4, -0.2) is 24.5 Å². The van der Waals surface area contributed by atoms with Crippen molar-refractivity contribution in [1.29, 1.82) is 0 Å². The minimum Gasteiger partial charge on any atom is -0.443 e. The third-order valence-electron chi connectivity index (χ3n) is 4.09. The molecule has 1 heterocycles. The number of imide groups is 1. The van der Waals surface area contributed by atoms with Crippen LogP contribution >= 0.6 is 11.3 Å². The molecular formula is C19H20N2O4S. The van der Waals surface area contributed by atoms with Gasteiger partial charge in [-0.2, -0.15) is 0 Å². The van der Waals surface area contributed by atoms with E-state index in [1.54, 1.807) is 37.3 Å². The van der Waals surface area contributed by atoms with E-state index >= 15 is 0 Å². The van der Waals surface area contributed by atoms with Crippen molar-refractivity contribution in [3.8, 4) is 0 Å². The summed E-state index contributed by atoms with van der Waals surface area (Å²) in [5.74, 6) is -1.23. The molecule has 1 aromatic heterocycles. The number of hydrogen-bond acceptors (Lipinski definition) is 5. The molecule has 0 aliphatic heterocycles. The van der Waals surface area contributed by atoms with Crippen molar-refractivity contribution in [3.63, 3.8) is 0 Å². The predicted octanol–water partition coefficient (Wildman–Crippen LogP) is 2.98. The molecule has 1 aliphatic carbocycles. The fraction of sp³-hybridized carbons (Fsp3) is 0.316. The van der Waals surface area contributed by atoms with Gasteiger partial charge in [0.2, 0.25) is 6.10 Å². The highest BCUT2D eigenvalue weighted by Gasteiger charge is 2.28. The number of benzene rings is 1. The molecule has 0 unspecified atom stereocenters. The number of ether oxygens (including phenoxy) is 1. The summed E-state index contributed by atoms with van der Waals surface area (Å²) in [6.07, 6.45) is 1.87. The van der Waals surface area contributed by atoms with Gasteiger partial charge in [0, 0.05) is 17.0 Å². The second kappa shape index (κ2) is 8.14. The van der Waals surface area contributed by atoms with Gasteiger partial charge in [0.05, 0.1) is 0 Å².